The molecule has 0 bridgehead atoms. The molecule has 7 nitrogen and oxygen atoms in total. The van der Waals surface area contributed by atoms with Crippen molar-refractivity contribution in [1.82, 2.24) is 0 Å². The van der Waals surface area contributed by atoms with Crippen molar-refractivity contribution in [2.75, 3.05) is 25.1 Å². The van der Waals surface area contributed by atoms with E-state index in [2.05, 4.69) is 5.32 Å². The van der Waals surface area contributed by atoms with Crippen LogP contribution in [-0.4, -0.2) is 25.7 Å². The Kier molecular flexibility index (Phi) is 7.31. The summed E-state index contributed by atoms with van der Waals surface area (Å²) >= 11 is 0. The largest absolute Gasteiger partial charge is 0.490 e. The molecule has 1 N–H and O–H groups in total. The molecular formula is C27H24N2O5. The summed E-state index contributed by atoms with van der Waals surface area (Å²) in [6.45, 7) is 3.66. The van der Waals surface area contributed by atoms with Crippen molar-refractivity contribution in [3.63, 3.8) is 0 Å². The number of hydrogen-bond acceptors (Lipinski definition) is 6. The zero-order valence-electron chi connectivity index (χ0n) is 18.7. The Hall–Kier alpha value is -4.44. The van der Waals surface area contributed by atoms with Gasteiger partial charge in [-0.1, -0.05) is 36.4 Å². The average Bonchev–Trinajstić information content (AvgIpc) is 2.87. The normalized spacial score (nSPS) is 12.4. The summed E-state index contributed by atoms with van der Waals surface area (Å²) < 4.78 is 22.7. The highest BCUT2D eigenvalue weighted by molar-refractivity contribution is 6.09. The first kappa shape index (κ1) is 22.7. The summed E-state index contributed by atoms with van der Waals surface area (Å²) in [4.78, 5) is 12.7. The molecule has 1 aliphatic rings. The van der Waals surface area contributed by atoms with Crippen LogP contribution in [-0.2, 0) is 11.4 Å². The van der Waals surface area contributed by atoms with Crippen LogP contribution < -0.4 is 24.3 Å². The van der Waals surface area contributed by atoms with Gasteiger partial charge in [0.05, 0.1) is 6.61 Å². The molecule has 0 aliphatic carbocycles. The van der Waals surface area contributed by atoms with Crippen LogP contribution in [0, 0.1) is 11.3 Å². The fourth-order valence-electron chi connectivity index (χ4n) is 3.37. The minimum atomic E-state index is -0.526. The first-order valence-electron chi connectivity index (χ1n) is 10.9. The number of anilines is 1. The molecule has 0 fully saturated rings. The summed E-state index contributed by atoms with van der Waals surface area (Å²) in [5.41, 5.74) is 2.14. The number of nitrogens with one attached hydrogen (secondary N) is 1. The highest BCUT2D eigenvalue weighted by Gasteiger charge is 2.15. The molecule has 1 amide bonds. The van der Waals surface area contributed by atoms with E-state index in [0.29, 0.717) is 60.7 Å². The quantitative estimate of drug-likeness (QED) is 0.380. The summed E-state index contributed by atoms with van der Waals surface area (Å²) in [6, 6.07) is 22.2. The Morgan fingerprint density at radius 2 is 1.79 bits per heavy atom. The Morgan fingerprint density at radius 1 is 1.00 bits per heavy atom. The maximum atomic E-state index is 12.7. The monoisotopic (exact) mass is 456 g/mol. The van der Waals surface area contributed by atoms with Crippen LogP contribution in [0.4, 0.5) is 5.69 Å². The number of benzene rings is 3. The Bertz CT molecular complexity index is 1230. The summed E-state index contributed by atoms with van der Waals surface area (Å²) in [6.07, 6.45) is 1.51. The standard InChI is InChI=1S/C27H24N2O5/c1-2-31-25-15-20(8-10-24(25)34-18-19-6-4-3-5-7-19)14-21(17-28)27(30)29-22-9-11-23-26(16-22)33-13-12-32-23/h3-11,14-16H,2,12-13,18H2,1H3,(H,29,30)/b21-14+. The lowest BCUT2D eigenvalue weighted by Crippen LogP contribution is -2.17. The minimum Gasteiger partial charge on any atom is -0.490 e. The van der Waals surface area contributed by atoms with Gasteiger partial charge in [-0.3, -0.25) is 4.79 Å². The molecule has 172 valence electrons. The number of carbonyl (C=O) groups is 1. The first-order valence-corrected chi connectivity index (χ1v) is 10.9. The smallest absolute Gasteiger partial charge is 0.266 e. The molecule has 3 aromatic rings. The van der Waals surface area contributed by atoms with E-state index in [0.717, 1.165) is 5.56 Å². The van der Waals surface area contributed by atoms with E-state index in [1.54, 1.807) is 36.4 Å². The molecule has 1 heterocycles. The molecule has 0 radical (unpaired) electrons. The Morgan fingerprint density at radius 3 is 2.56 bits per heavy atom. The third-order valence-electron chi connectivity index (χ3n) is 4.98. The molecule has 0 unspecified atom stereocenters. The molecule has 0 atom stereocenters. The van der Waals surface area contributed by atoms with Crippen molar-refractivity contribution in [2.45, 2.75) is 13.5 Å². The fourth-order valence-corrected chi connectivity index (χ4v) is 3.37. The molecule has 0 saturated heterocycles. The van der Waals surface area contributed by atoms with Gasteiger partial charge < -0.3 is 24.3 Å². The lowest BCUT2D eigenvalue weighted by Gasteiger charge is -2.18. The number of amides is 1. The maximum absolute atomic E-state index is 12.7. The van der Waals surface area contributed by atoms with Crippen molar-refractivity contribution < 1.29 is 23.7 Å². The molecule has 1 aliphatic heterocycles. The average molecular weight is 456 g/mol. The van der Waals surface area contributed by atoms with Crippen molar-refractivity contribution in [2.24, 2.45) is 0 Å². The van der Waals surface area contributed by atoms with Crippen LogP contribution in [0.5, 0.6) is 23.0 Å². The van der Waals surface area contributed by atoms with Gasteiger partial charge in [0, 0.05) is 11.8 Å². The fraction of sp³-hybridized carbons (Fsp3) is 0.185. The number of nitriles is 1. The summed E-state index contributed by atoms with van der Waals surface area (Å²) in [5.74, 6) is 1.78. The van der Waals surface area contributed by atoms with E-state index in [1.165, 1.54) is 6.08 Å². The van der Waals surface area contributed by atoms with Crippen LogP contribution in [0.25, 0.3) is 6.08 Å². The summed E-state index contributed by atoms with van der Waals surface area (Å²) in [5, 5.41) is 12.3. The van der Waals surface area contributed by atoms with Gasteiger partial charge in [-0.05, 0) is 48.4 Å². The molecule has 0 aromatic heterocycles. The van der Waals surface area contributed by atoms with Crippen molar-refractivity contribution in [3.05, 3.63) is 83.4 Å². The van der Waals surface area contributed by atoms with Gasteiger partial charge in [0.15, 0.2) is 23.0 Å². The van der Waals surface area contributed by atoms with Crippen molar-refractivity contribution >= 4 is 17.7 Å². The van der Waals surface area contributed by atoms with E-state index in [9.17, 15) is 10.1 Å². The topological polar surface area (TPSA) is 89.8 Å². The van der Waals surface area contributed by atoms with Crippen LogP contribution in [0.3, 0.4) is 0 Å². The van der Waals surface area contributed by atoms with Crippen LogP contribution >= 0.6 is 0 Å². The highest BCUT2D eigenvalue weighted by Crippen LogP contribution is 2.33. The Labute approximate surface area is 198 Å². The van der Waals surface area contributed by atoms with Crippen molar-refractivity contribution in [3.8, 4) is 29.1 Å². The van der Waals surface area contributed by atoms with E-state index < -0.39 is 5.91 Å². The lowest BCUT2D eigenvalue weighted by molar-refractivity contribution is -0.112. The van der Waals surface area contributed by atoms with E-state index >= 15 is 0 Å². The molecule has 0 spiro atoms. The molecule has 4 rings (SSSR count). The maximum Gasteiger partial charge on any atom is 0.266 e. The van der Waals surface area contributed by atoms with E-state index in [4.69, 9.17) is 18.9 Å². The van der Waals surface area contributed by atoms with E-state index in [-0.39, 0.29) is 5.57 Å². The molecular weight excluding hydrogens is 432 g/mol. The van der Waals surface area contributed by atoms with Gasteiger partial charge in [-0.25, -0.2) is 0 Å². The van der Waals surface area contributed by atoms with Gasteiger partial charge in [-0.15, -0.1) is 0 Å². The second-order valence-corrected chi connectivity index (χ2v) is 7.40. The molecule has 7 heteroatoms. The number of hydrogen-bond donors (Lipinski definition) is 1. The third-order valence-corrected chi connectivity index (χ3v) is 4.98. The van der Waals surface area contributed by atoms with Crippen molar-refractivity contribution in [1.29, 1.82) is 5.26 Å². The predicted molar refractivity (Wildman–Crippen MR) is 128 cm³/mol. The first-order chi connectivity index (χ1) is 16.7. The zero-order chi connectivity index (χ0) is 23.8. The van der Waals surface area contributed by atoms with E-state index in [1.807, 2.05) is 43.3 Å². The number of ether oxygens (including phenoxy) is 4. The van der Waals surface area contributed by atoms with Gasteiger partial charge in [0.25, 0.3) is 5.91 Å². The molecule has 0 saturated carbocycles. The lowest BCUT2D eigenvalue weighted by atomic mass is 10.1. The summed E-state index contributed by atoms with van der Waals surface area (Å²) in [7, 11) is 0. The van der Waals surface area contributed by atoms with Gasteiger partial charge >= 0.3 is 0 Å². The van der Waals surface area contributed by atoms with Crippen LogP contribution in [0.15, 0.2) is 72.3 Å². The predicted octanol–water partition coefficient (Wildman–Crippen LogP) is 4.98. The van der Waals surface area contributed by atoms with Gasteiger partial charge in [0.2, 0.25) is 0 Å². The SMILES string of the molecule is CCOc1cc(/C=C(\C#N)C(=O)Nc2ccc3c(c2)OCCO3)ccc1OCc1ccccc1. The number of carbonyl (C=O) groups excluding carboxylic acids is 1. The Balaban J connectivity index is 1.49. The van der Waals surface area contributed by atoms with Gasteiger partial charge in [-0.2, -0.15) is 5.26 Å². The number of rotatable bonds is 8. The highest BCUT2D eigenvalue weighted by atomic mass is 16.6. The molecule has 3 aromatic carbocycles. The van der Waals surface area contributed by atoms with Crippen LogP contribution in [0.1, 0.15) is 18.1 Å². The zero-order valence-corrected chi connectivity index (χ0v) is 18.7. The third kappa shape index (κ3) is 5.67. The second-order valence-electron chi connectivity index (χ2n) is 7.40. The van der Waals surface area contributed by atoms with Gasteiger partial charge in [0.1, 0.15) is 31.5 Å². The molecule has 34 heavy (non-hydrogen) atoms. The minimum absolute atomic E-state index is 0.0460. The number of fused-ring (bicyclic) bond motifs is 1. The second kappa shape index (κ2) is 10.9. The number of nitrogens with zero attached hydrogens (tertiary/aromatic N) is 1. The van der Waals surface area contributed by atoms with Crippen LogP contribution in [0.2, 0.25) is 0 Å².